The van der Waals surface area contributed by atoms with Crippen molar-refractivity contribution in [3.05, 3.63) is 35.7 Å². The van der Waals surface area contributed by atoms with Crippen molar-refractivity contribution in [2.45, 2.75) is 56.8 Å². The molecule has 5 nitrogen and oxygen atoms in total. The smallest absolute Gasteiger partial charge is 0.237 e. The van der Waals surface area contributed by atoms with Crippen LogP contribution < -0.4 is 4.90 Å². The van der Waals surface area contributed by atoms with Gasteiger partial charge in [-0.15, -0.1) is 10.2 Å². The molecule has 2 heterocycles. The Kier molecular flexibility index (Phi) is 4.08. The van der Waals surface area contributed by atoms with E-state index < -0.39 is 0 Å². The number of carbonyl (C=O) groups is 1. The molecule has 1 aliphatic heterocycles. The van der Waals surface area contributed by atoms with E-state index in [1.165, 1.54) is 30.2 Å². The number of carbonyl (C=O) groups excluding carboxylic acids is 1. The van der Waals surface area contributed by atoms with E-state index in [1.807, 2.05) is 23.1 Å². The largest absolute Gasteiger partial charge is 0.308 e. The summed E-state index contributed by atoms with van der Waals surface area (Å²) in [7, 11) is 0. The summed E-state index contributed by atoms with van der Waals surface area (Å²) in [6.07, 6.45) is 3.36. The van der Waals surface area contributed by atoms with E-state index in [1.54, 1.807) is 0 Å². The summed E-state index contributed by atoms with van der Waals surface area (Å²) in [5.74, 6) is 2.22. The third-order valence-corrected chi connectivity index (χ3v) is 5.76. The second-order valence-electron chi connectivity index (χ2n) is 6.59. The van der Waals surface area contributed by atoms with Crippen LogP contribution in [0.2, 0.25) is 0 Å². The van der Waals surface area contributed by atoms with Crippen LogP contribution in [0.4, 0.5) is 5.69 Å². The highest BCUT2D eigenvalue weighted by atomic mass is 32.2. The number of nitrogens with zero attached hydrogens (tertiary/aromatic N) is 4. The van der Waals surface area contributed by atoms with Gasteiger partial charge in [0.15, 0.2) is 5.16 Å². The molecule has 1 aliphatic carbocycles. The first-order chi connectivity index (χ1) is 11.7. The van der Waals surface area contributed by atoms with Crippen molar-refractivity contribution in [1.82, 2.24) is 14.8 Å². The molecule has 126 valence electrons. The van der Waals surface area contributed by atoms with Crippen LogP contribution >= 0.6 is 11.8 Å². The summed E-state index contributed by atoms with van der Waals surface area (Å²) in [5, 5.41) is 9.53. The second kappa shape index (κ2) is 6.24. The molecule has 0 spiro atoms. The summed E-state index contributed by atoms with van der Waals surface area (Å²) in [4.78, 5) is 14.7. The second-order valence-corrected chi connectivity index (χ2v) is 7.54. The van der Waals surface area contributed by atoms with Gasteiger partial charge in [0, 0.05) is 24.2 Å². The average Bonchev–Trinajstić information content (AvgIpc) is 3.25. The minimum Gasteiger partial charge on any atom is -0.308 e. The Morgan fingerprint density at radius 1 is 1.29 bits per heavy atom. The number of benzene rings is 1. The third-order valence-electron chi connectivity index (χ3n) is 4.80. The molecule has 0 saturated heterocycles. The van der Waals surface area contributed by atoms with E-state index in [2.05, 4.69) is 34.7 Å². The van der Waals surface area contributed by atoms with Crippen LogP contribution in [0.5, 0.6) is 0 Å². The fourth-order valence-corrected chi connectivity index (χ4v) is 4.36. The van der Waals surface area contributed by atoms with Crippen LogP contribution in [0.25, 0.3) is 0 Å². The van der Waals surface area contributed by atoms with Gasteiger partial charge in [-0.25, -0.2) is 0 Å². The fourth-order valence-electron chi connectivity index (χ4n) is 3.49. The summed E-state index contributed by atoms with van der Waals surface area (Å²) < 4.78 is 2.16. The van der Waals surface area contributed by atoms with E-state index in [0.717, 1.165) is 29.6 Å². The molecule has 4 rings (SSSR count). The molecular weight excluding hydrogens is 320 g/mol. The number of hydrogen-bond donors (Lipinski definition) is 0. The predicted octanol–water partition coefficient (Wildman–Crippen LogP) is 3.25. The quantitative estimate of drug-likeness (QED) is 0.783. The maximum Gasteiger partial charge on any atom is 0.237 e. The van der Waals surface area contributed by atoms with Crippen LogP contribution in [0.1, 0.15) is 44.0 Å². The van der Waals surface area contributed by atoms with Crippen LogP contribution in [0, 0.1) is 0 Å². The molecule has 0 radical (unpaired) electrons. The Bertz CT molecular complexity index is 768. The topological polar surface area (TPSA) is 51.0 Å². The van der Waals surface area contributed by atoms with Gasteiger partial charge in [0.25, 0.3) is 0 Å². The molecule has 24 heavy (non-hydrogen) atoms. The minimum atomic E-state index is 0.149. The number of hydrogen-bond acceptors (Lipinski definition) is 4. The first kappa shape index (κ1) is 15.7. The molecule has 1 aromatic heterocycles. The van der Waals surface area contributed by atoms with Crippen molar-refractivity contribution >= 4 is 23.4 Å². The Morgan fingerprint density at radius 2 is 2.08 bits per heavy atom. The molecule has 1 fully saturated rings. The van der Waals surface area contributed by atoms with Crippen molar-refractivity contribution in [3.8, 4) is 0 Å². The number of rotatable bonds is 5. The number of fused-ring (bicyclic) bond motifs is 1. The fraction of sp³-hybridized carbons (Fsp3) is 0.500. The lowest BCUT2D eigenvalue weighted by atomic mass is 10.1. The molecule has 1 amide bonds. The number of thioether (sulfide) groups is 1. The molecule has 1 aromatic carbocycles. The Labute approximate surface area is 146 Å². The zero-order valence-corrected chi connectivity index (χ0v) is 14.9. The Hall–Kier alpha value is -1.82. The van der Waals surface area contributed by atoms with Gasteiger partial charge in [0.05, 0.1) is 5.75 Å². The van der Waals surface area contributed by atoms with E-state index in [-0.39, 0.29) is 11.9 Å². The van der Waals surface area contributed by atoms with Crippen LogP contribution in [-0.4, -0.2) is 32.5 Å². The van der Waals surface area contributed by atoms with Crippen LogP contribution in [0.3, 0.4) is 0 Å². The van der Waals surface area contributed by atoms with Crippen molar-refractivity contribution in [3.63, 3.8) is 0 Å². The summed E-state index contributed by atoms with van der Waals surface area (Å²) in [6.45, 7) is 5.08. The van der Waals surface area contributed by atoms with Crippen LogP contribution in [-0.2, 0) is 17.8 Å². The van der Waals surface area contributed by atoms with Gasteiger partial charge >= 0.3 is 0 Å². The molecule has 1 atom stereocenters. The van der Waals surface area contributed by atoms with E-state index >= 15 is 0 Å². The third kappa shape index (κ3) is 2.73. The van der Waals surface area contributed by atoms with E-state index in [4.69, 9.17) is 0 Å². The van der Waals surface area contributed by atoms with Gasteiger partial charge in [-0.2, -0.15) is 0 Å². The maximum absolute atomic E-state index is 12.8. The van der Waals surface area contributed by atoms with Crippen molar-refractivity contribution in [2.24, 2.45) is 0 Å². The van der Waals surface area contributed by atoms with E-state index in [9.17, 15) is 4.79 Å². The first-order valence-corrected chi connectivity index (χ1v) is 9.63. The normalized spacial score (nSPS) is 19.6. The number of anilines is 1. The summed E-state index contributed by atoms with van der Waals surface area (Å²) in [6, 6.07) is 8.42. The maximum atomic E-state index is 12.8. The summed E-state index contributed by atoms with van der Waals surface area (Å²) >= 11 is 1.51. The SMILES string of the molecule is CCn1c(SCC(=O)N2c3ccccc3C[C@H]2C)nnc1C1CC1. The van der Waals surface area contributed by atoms with E-state index in [0.29, 0.717) is 11.7 Å². The van der Waals surface area contributed by atoms with Gasteiger partial charge in [0.1, 0.15) is 5.82 Å². The molecule has 2 aliphatic rings. The highest BCUT2D eigenvalue weighted by molar-refractivity contribution is 7.99. The highest BCUT2D eigenvalue weighted by Crippen LogP contribution is 2.40. The standard InChI is InChI=1S/C18H22N4OS/c1-3-21-17(13-8-9-13)19-20-18(21)24-11-16(23)22-12(2)10-14-6-4-5-7-15(14)22/h4-7,12-13H,3,8-11H2,1-2H3/t12-/m1/s1. The van der Waals surface area contributed by atoms with Crippen molar-refractivity contribution in [2.75, 3.05) is 10.7 Å². The van der Waals surface area contributed by atoms with Gasteiger partial charge < -0.3 is 9.47 Å². The molecular formula is C18H22N4OS. The predicted molar refractivity (Wildman–Crippen MR) is 95.5 cm³/mol. The van der Waals surface area contributed by atoms with Crippen molar-refractivity contribution in [1.29, 1.82) is 0 Å². The molecule has 0 N–H and O–H groups in total. The molecule has 2 aromatic rings. The molecule has 0 unspecified atom stereocenters. The van der Waals surface area contributed by atoms with Gasteiger partial charge in [-0.3, -0.25) is 4.79 Å². The number of aromatic nitrogens is 3. The molecule has 0 bridgehead atoms. The highest BCUT2D eigenvalue weighted by Gasteiger charge is 2.32. The minimum absolute atomic E-state index is 0.149. The monoisotopic (exact) mass is 342 g/mol. The zero-order valence-electron chi connectivity index (χ0n) is 14.1. The lowest BCUT2D eigenvalue weighted by molar-refractivity contribution is -0.116. The summed E-state index contributed by atoms with van der Waals surface area (Å²) in [5.41, 5.74) is 2.32. The van der Waals surface area contributed by atoms with Crippen LogP contribution in [0.15, 0.2) is 29.4 Å². The van der Waals surface area contributed by atoms with Gasteiger partial charge in [-0.05, 0) is 44.7 Å². The number of amides is 1. The lowest BCUT2D eigenvalue weighted by Crippen LogP contribution is -2.37. The number of para-hydroxylation sites is 1. The lowest BCUT2D eigenvalue weighted by Gasteiger charge is -2.22. The Balaban J connectivity index is 1.47. The van der Waals surface area contributed by atoms with Gasteiger partial charge in [-0.1, -0.05) is 30.0 Å². The average molecular weight is 342 g/mol. The zero-order chi connectivity index (χ0) is 16.7. The Morgan fingerprint density at radius 3 is 2.83 bits per heavy atom. The van der Waals surface area contributed by atoms with Crippen molar-refractivity contribution < 1.29 is 4.79 Å². The first-order valence-electron chi connectivity index (χ1n) is 8.65. The van der Waals surface area contributed by atoms with Gasteiger partial charge in [0.2, 0.25) is 5.91 Å². The molecule has 6 heteroatoms. The molecule has 1 saturated carbocycles.